The summed E-state index contributed by atoms with van der Waals surface area (Å²) >= 11 is 0. The standard InChI is InChI=1S/C12H20N4O2/c17-11-7-13-12(18)16(11)6-5-15-4-3-9-1-2-10(8-15)14-9/h9-10,14H,1-8H2,(H,13,18). The molecule has 2 atom stereocenters. The molecule has 0 aromatic rings. The van der Waals surface area contributed by atoms with Gasteiger partial charge >= 0.3 is 6.03 Å². The largest absolute Gasteiger partial charge is 0.329 e. The van der Waals surface area contributed by atoms with Crippen molar-refractivity contribution in [2.24, 2.45) is 0 Å². The van der Waals surface area contributed by atoms with E-state index in [0.29, 0.717) is 18.6 Å². The molecule has 3 heterocycles. The van der Waals surface area contributed by atoms with E-state index in [9.17, 15) is 9.59 Å². The molecule has 100 valence electrons. The summed E-state index contributed by atoms with van der Waals surface area (Å²) in [5.41, 5.74) is 0. The second kappa shape index (κ2) is 4.85. The summed E-state index contributed by atoms with van der Waals surface area (Å²) in [6.07, 6.45) is 3.73. The lowest BCUT2D eigenvalue weighted by Gasteiger charge is -2.25. The van der Waals surface area contributed by atoms with Gasteiger partial charge in [-0.1, -0.05) is 0 Å². The Morgan fingerprint density at radius 3 is 2.72 bits per heavy atom. The van der Waals surface area contributed by atoms with E-state index in [2.05, 4.69) is 15.5 Å². The van der Waals surface area contributed by atoms with Crippen LogP contribution < -0.4 is 10.6 Å². The van der Waals surface area contributed by atoms with Gasteiger partial charge in [0.05, 0.1) is 6.54 Å². The minimum absolute atomic E-state index is 0.102. The minimum Gasteiger partial charge on any atom is -0.329 e. The van der Waals surface area contributed by atoms with Crippen molar-refractivity contribution in [3.8, 4) is 0 Å². The molecule has 6 nitrogen and oxygen atoms in total. The molecule has 6 heteroatoms. The number of nitrogens with one attached hydrogen (secondary N) is 2. The van der Waals surface area contributed by atoms with Crippen LogP contribution in [-0.4, -0.2) is 66.5 Å². The van der Waals surface area contributed by atoms with Gasteiger partial charge in [0, 0.05) is 31.7 Å². The Hall–Kier alpha value is -1.14. The van der Waals surface area contributed by atoms with Crippen LogP contribution in [0, 0.1) is 0 Å². The number of amides is 3. The van der Waals surface area contributed by atoms with Crippen LogP contribution in [0.5, 0.6) is 0 Å². The Bertz CT molecular complexity index is 344. The van der Waals surface area contributed by atoms with E-state index in [1.165, 1.54) is 24.2 Å². The number of carbonyl (C=O) groups excluding carboxylic acids is 2. The lowest BCUT2D eigenvalue weighted by Crippen LogP contribution is -2.42. The summed E-state index contributed by atoms with van der Waals surface area (Å²) in [5, 5.41) is 6.18. The molecule has 0 spiro atoms. The maximum atomic E-state index is 11.5. The molecule has 3 aliphatic heterocycles. The number of hydrogen-bond donors (Lipinski definition) is 2. The van der Waals surface area contributed by atoms with E-state index >= 15 is 0 Å². The maximum absolute atomic E-state index is 11.5. The highest BCUT2D eigenvalue weighted by Crippen LogP contribution is 2.20. The summed E-state index contributed by atoms with van der Waals surface area (Å²) < 4.78 is 0. The normalized spacial score (nSPS) is 32.8. The molecule has 0 aromatic carbocycles. The van der Waals surface area contributed by atoms with Crippen molar-refractivity contribution in [2.75, 3.05) is 32.7 Å². The highest BCUT2D eigenvalue weighted by atomic mass is 16.2. The third kappa shape index (κ3) is 2.35. The Morgan fingerprint density at radius 2 is 1.94 bits per heavy atom. The van der Waals surface area contributed by atoms with Gasteiger partial charge in [-0.25, -0.2) is 4.79 Å². The zero-order valence-corrected chi connectivity index (χ0v) is 10.5. The summed E-state index contributed by atoms with van der Waals surface area (Å²) in [6.45, 7) is 3.58. The maximum Gasteiger partial charge on any atom is 0.324 e. The molecule has 3 amide bonds. The fourth-order valence-electron chi connectivity index (χ4n) is 3.14. The zero-order chi connectivity index (χ0) is 12.5. The number of imide groups is 1. The molecular formula is C12H20N4O2. The van der Waals surface area contributed by atoms with Crippen molar-refractivity contribution in [1.82, 2.24) is 20.4 Å². The summed E-state index contributed by atoms with van der Waals surface area (Å²) in [7, 11) is 0. The second-order valence-corrected chi connectivity index (χ2v) is 5.43. The molecule has 0 aromatic heterocycles. The number of urea groups is 1. The van der Waals surface area contributed by atoms with Gasteiger partial charge in [0.25, 0.3) is 0 Å². The van der Waals surface area contributed by atoms with Crippen LogP contribution in [0.3, 0.4) is 0 Å². The Balaban J connectivity index is 1.51. The summed E-state index contributed by atoms with van der Waals surface area (Å²) in [6, 6.07) is 1.03. The van der Waals surface area contributed by atoms with Gasteiger partial charge in [0.2, 0.25) is 5.91 Å². The molecule has 3 saturated heterocycles. The van der Waals surface area contributed by atoms with Crippen molar-refractivity contribution >= 4 is 11.9 Å². The van der Waals surface area contributed by atoms with Crippen molar-refractivity contribution in [1.29, 1.82) is 0 Å². The average molecular weight is 252 g/mol. The number of hydrogen-bond acceptors (Lipinski definition) is 4. The predicted molar refractivity (Wildman–Crippen MR) is 66.1 cm³/mol. The van der Waals surface area contributed by atoms with Crippen molar-refractivity contribution in [3.63, 3.8) is 0 Å². The van der Waals surface area contributed by atoms with Crippen LogP contribution in [0.25, 0.3) is 0 Å². The van der Waals surface area contributed by atoms with Crippen molar-refractivity contribution in [3.05, 3.63) is 0 Å². The van der Waals surface area contributed by atoms with Crippen LogP contribution in [0.1, 0.15) is 19.3 Å². The number of nitrogens with zero attached hydrogens (tertiary/aromatic N) is 2. The molecule has 18 heavy (non-hydrogen) atoms. The summed E-state index contributed by atoms with van der Waals surface area (Å²) in [4.78, 5) is 26.6. The van der Waals surface area contributed by atoms with Crippen LogP contribution >= 0.6 is 0 Å². The lowest BCUT2D eigenvalue weighted by atomic mass is 10.1. The first-order chi connectivity index (χ1) is 8.72. The molecule has 3 rings (SSSR count). The summed E-state index contributed by atoms with van der Waals surface area (Å²) in [5.74, 6) is -0.102. The number of carbonyl (C=O) groups is 2. The van der Waals surface area contributed by atoms with E-state index in [0.717, 1.165) is 19.6 Å². The van der Waals surface area contributed by atoms with E-state index in [-0.39, 0.29) is 18.5 Å². The molecular weight excluding hydrogens is 232 g/mol. The predicted octanol–water partition coefficient (Wildman–Crippen LogP) is -0.635. The van der Waals surface area contributed by atoms with E-state index in [1.54, 1.807) is 0 Å². The fourth-order valence-corrected chi connectivity index (χ4v) is 3.14. The van der Waals surface area contributed by atoms with Crippen LogP contribution in [-0.2, 0) is 4.79 Å². The monoisotopic (exact) mass is 252 g/mol. The molecule has 2 N–H and O–H groups in total. The SMILES string of the molecule is O=C1CNC(=O)N1CCN1CCC2CCC(C1)N2. The molecule has 3 fully saturated rings. The molecule has 0 radical (unpaired) electrons. The molecule has 0 aliphatic carbocycles. The molecule has 3 aliphatic rings. The Kier molecular flexibility index (Phi) is 3.22. The zero-order valence-electron chi connectivity index (χ0n) is 10.5. The molecule has 0 saturated carbocycles. The number of likely N-dealkylation sites (tertiary alicyclic amines) is 1. The van der Waals surface area contributed by atoms with Gasteiger partial charge in [-0.05, 0) is 25.8 Å². The van der Waals surface area contributed by atoms with Gasteiger partial charge in [0.15, 0.2) is 0 Å². The van der Waals surface area contributed by atoms with E-state index in [1.807, 2.05) is 0 Å². The topological polar surface area (TPSA) is 64.7 Å². The van der Waals surface area contributed by atoms with Crippen LogP contribution in [0.2, 0.25) is 0 Å². The van der Waals surface area contributed by atoms with Gasteiger partial charge < -0.3 is 10.6 Å². The minimum atomic E-state index is -0.241. The Morgan fingerprint density at radius 1 is 1.11 bits per heavy atom. The van der Waals surface area contributed by atoms with Crippen LogP contribution in [0.4, 0.5) is 4.79 Å². The van der Waals surface area contributed by atoms with Crippen LogP contribution in [0.15, 0.2) is 0 Å². The van der Waals surface area contributed by atoms with Gasteiger partial charge in [-0.15, -0.1) is 0 Å². The first kappa shape index (κ1) is 11.9. The van der Waals surface area contributed by atoms with Crippen molar-refractivity contribution in [2.45, 2.75) is 31.3 Å². The third-order valence-corrected chi connectivity index (χ3v) is 4.18. The van der Waals surface area contributed by atoms with E-state index in [4.69, 9.17) is 0 Å². The highest BCUT2D eigenvalue weighted by molar-refractivity contribution is 6.01. The Labute approximate surface area is 107 Å². The second-order valence-electron chi connectivity index (χ2n) is 5.43. The molecule has 2 bridgehead atoms. The molecule has 2 unspecified atom stereocenters. The first-order valence-electron chi connectivity index (χ1n) is 6.79. The average Bonchev–Trinajstić information content (AvgIpc) is 2.83. The number of fused-ring (bicyclic) bond motifs is 2. The van der Waals surface area contributed by atoms with Gasteiger partial charge in [0.1, 0.15) is 0 Å². The quantitative estimate of drug-likeness (QED) is 0.656. The smallest absolute Gasteiger partial charge is 0.324 e. The highest BCUT2D eigenvalue weighted by Gasteiger charge is 2.31. The van der Waals surface area contributed by atoms with Gasteiger partial charge in [-0.2, -0.15) is 0 Å². The van der Waals surface area contributed by atoms with Crippen molar-refractivity contribution < 1.29 is 9.59 Å². The van der Waals surface area contributed by atoms with Gasteiger partial charge in [-0.3, -0.25) is 14.6 Å². The third-order valence-electron chi connectivity index (χ3n) is 4.18. The first-order valence-corrected chi connectivity index (χ1v) is 6.79. The number of rotatable bonds is 3. The lowest BCUT2D eigenvalue weighted by molar-refractivity contribution is -0.125. The van der Waals surface area contributed by atoms with E-state index < -0.39 is 0 Å². The fraction of sp³-hybridized carbons (Fsp3) is 0.833.